The number of carbonyl (C=O) groups excluding carboxylic acids is 6. The van der Waals surface area contributed by atoms with Crippen LogP contribution in [-0.2, 0) is 47.6 Å². The number of benzene rings is 1. The molecule has 4 N–H and O–H groups in total. The van der Waals surface area contributed by atoms with Gasteiger partial charge in [0.25, 0.3) is 0 Å². The quantitative estimate of drug-likeness (QED) is 0.150. The maximum atomic E-state index is 15.5. The number of alkyl carbamates (subject to hydrolysis) is 1. The lowest BCUT2D eigenvalue weighted by atomic mass is 9.44. The largest absolute Gasteiger partial charge is 0.467 e. The number of hydrogen-bond donors (Lipinski definition) is 4. The Labute approximate surface area is 358 Å². The van der Waals surface area contributed by atoms with Gasteiger partial charge in [0.2, 0.25) is 0 Å². The fraction of sp³-hybridized carbons (Fsp3) is 0.600. The Morgan fingerprint density at radius 2 is 1.60 bits per heavy atom. The molecule has 5 aliphatic rings. The summed E-state index contributed by atoms with van der Waals surface area (Å²) in [6, 6.07) is 9.25. The SMILES string of the molecule is CC(=O)OC1C(=O)[C@]2(C)C(O)CC3OC[C@@]3(OC(C)=O)C2C(OC(=O)c2ccccc2)C2(O)CC(OC(=O)C(O)C(NC(=O)OC3CCCCC3)c3ccco3)C(C)=C1C2(C)C. The van der Waals surface area contributed by atoms with Crippen molar-refractivity contribution in [1.82, 2.24) is 5.32 Å². The minimum Gasteiger partial charge on any atom is -0.467 e. The predicted molar refractivity (Wildman–Crippen MR) is 213 cm³/mol. The third kappa shape index (κ3) is 7.60. The summed E-state index contributed by atoms with van der Waals surface area (Å²) >= 11 is 0. The van der Waals surface area contributed by atoms with E-state index >= 15 is 4.79 Å². The molecular weight excluding hydrogens is 810 g/mol. The van der Waals surface area contributed by atoms with E-state index < -0.39 is 113 Å². The summed E-state index contributed by atoms with van der Waals surface area (Å²) in [6.07, 6.45) is -6.56. The zero-order valence-corrected chi connectivity index (χ0v) is 35.6. The van der Waals surface area contributed by atoms with Gasteiger partial charge in [-0.1, -0.05) is 38.5 Å². The van der Waals surface area contributed by atoms with Crippen molar-refractivity contribution in [3.8, 4) is 0 Å². The fourth-order valence-electron chi connectivity index (χ4n) is 10.6. The standard InChI is InChI=1S/C45H55NO16/c1-23-29(60-40(53)34(50)33(28-18-13-19-56-28)46-41(54)59-27-16-11-8-12-17-27)21-45(55)38(61-39(52)26-14-9-7-10-15-26)36-43(6,30(49)20-31-44(36,22-57-31)62-25(3)48)37(51)35(58-24(2)47)32(23)42(45,4)5/h7,9-10,13-15,18-19,27,29-31,33-36,38,49-50,55H,8,11-12,16-17,20-22H2,1-6H3,(H,46,54)/t29?,30?,31?,33?,34?,35?,36?,38?,43-,44+,45?/m1/s1. The first-order chi connectivity index (χ1) is 29.3. The van der Waals surface area contributed by atoms with Crippen LogP contribution in [0.25, 0.3) is 0 Å². The van der Waals surface area contributed by atoms with Gasteiger partial charge in [0, 0.05) is 32.1 Å². The average molecular weight is 866 g/mol. The molecule has 62 heavy (non-hydrogen) atoms. The predicted octanol–water partition coefficient (Wildman–Crippen LogP) is 3.96. The van der Waals surface area contributed by atoms with Gasteiger partial charge in [-0.15, -0.1) is 0 Å². The molecule has 4 aliphatic carbocycles. The van der Waals surface area contributed by atoms with Crippen LogP contribution in [-0.4, -0.2) is 112 Å². The number of ether oxygens (including phenoxy) is 6. The van der Waals surface area contributed by atoms with E-state index in [2.05, 4.69) is 5.32 Å². The first-order valence-corrected chi connectivity index (χ1v) is 21.1. The molecule has 4 fully saturated rings. The highest BCUT2D eigenvalue weighted by molar-refractivity contribution is 5.95. The van der Waals surface area contributed by atoms with Crippen molar-refractivity contribution in [1.29, 1.82) is 0 Å². The van der Waals surface area contributed by atoms with Crippen molar-refractivity contribution >= 4 is 35.8 Å². The number of fused-ring (bicyclic) bond motifs is 5. The third-order valence-electron chi connectivity index (χ3n) is 13.9. The summed E-state index contributed by atoms with van der Waals surface area (Å²) in [5.41, 5.74) is -7.71. The van der Waals surface area contributed by atoms with Gasteiger partial charge in [-0.3, -0.25) is 14.4 Å². The Morgan fingerprint density at radius 3 is 2.19 bits per heavy atom. The summed E-state index contributed by atoms with van der Waals surface area (Å²) in [5.74, 6) is -6.34. The molecule has 17 heteroatoms. The van der Waals surface area contributed by atoms with Gasteiger partial charge >= 0.3 is 30.0 Å². The summed E-state index contributed by atoms with van der Waals surface area (Å²) in [6.45, 7) is 7.92. The lowest BCUT2D eigenvalue weighted by Crippen LogP contribution is -2.82. The number of aliphatic hydroxyl groups excluding tert-OH is 2. The monoisotopic (exact) mass is 865 g/mol. The third-order valence-corrected chi connectivity index (χ3v) is 13.9. The first kappa shape index (κ1) is 44.9. The number of esters is 4. The van der Waals surface area contributed by atoms with Gasteiger partial charge in [-0.05, 0) is 74.9 Å². The van der Waals surface area contributed by atoms with Gasteiger partial charge in [0.05, 0.1) is 35.9 Å². The summed E-state index contributed by atoms with van der Waals surface area (Å²) < 4.78 is 41.3. The molecule has 2 aromatic rings. The number of ketones is 1. The Balaban J connectivity index is 1.35. The van der Waals surface area contributed by atoms with Crippen molar-refractivity contribution in [2.45, 2.75) is 146 Å². The summed E-state index contributed by atoms with van der Waals surface area (Å²) in [4.78, 5) is 83.0. The molecule has 7 rings (SSSR count). The van der Waals surface area contributed by atoms with E-state index in [0.717, 1.165) is 33.1 Å². The number of furan rings is 1. The van der Waals surface area contributed by atoms with Crippen LogP contribution < -0.4 is 5.32 Å². The molecule has 11 atom stereocenters. The van der Waals surface area contributed by atoms with Gasteiger partial charge in [-0.25, -0.2) is 14.4 Å². The number of amides is 1. The molecule has 0 radical (unpaired) electrons. The Kier molecular flexibility index (Phi) is 12.2. The van der Waals surface area contributed by atoms with Crippen LogP contribution in [0.4, 0.5) is 4.79 Å². The van der Waals surface area contributed by atoms with Crippen molar-refractivity contribution in [2.75, 3.05) is 6.61 Å². The normalized spacial score (nSPS) is 33.7. The summed E-state index contributed by atoms with van der Waals surface area (Å²) in [5, 5.41) is 39.9. The van der Waals surface area contributed by atoms with Gasteiger partial charge in [0.1, 0.15) is 41.8 Å². The lowest BCUT2D eigenvalue weighted by molar-refractivity contribution is -0.346. The van der Waals surface area contributed by atoms with Crippen LogP contribution in [0.5, 0.6) is 0 Å². The number of carbonyl (C=O) groups is 6. The van der Waals surface area contributed by atoms with Crippen LogP contribution in [0.3, 0.4) is 0 Å². The second-order valence-corrected chi connectivity index (χ2v) is 17.9. The number of Topliss-reactive ketones (excluding diaryl/α,β-unsaturated/α-hetero) is 1. The molecule has 1 saturated heterocycles. The second kappa shape index (κ2) is 16.9. The summed E-state index contributed by atoms with van der Waals surface area (Å²) in [7, 11) is 0. The van der Waals surface area contributed by atoms with Gasteiger partial charge < -0.3 is 53.5 Å². The lowest BCUT2D eigenvalue weighted by Gasteiger charge is -2.67. The fourth-order valence-corrected chi connectivity index (χ4v) is 10.6. The number of nitrogens with one attached hydrogen (secondary N) is 1. The zero-order chi connectivity index (χ0) is 44.9. The Hall–Kier alpha value is -5.10. The molecule has 1 aromatic carbocycles. The van der Waals surface area contributed by atoms with Crippen molar-refractivity contribution in [3.63, 3.8) is 0 Å². The van der Waals surface area contributed by atoms with Gasteiger partial charge in [-0.2, -0.15) is 0 Å². The highest BCUT2D eigenvalue weighted by Gasteiger charge is 2.78. The van der Waals surface area contributed by atoms with E-state index in [0.29, 0.717) is 12.8 Å². The van der Waals surface area contributed by atoms with E-state index in [9.17, 15) is 39.3 Å². The van der Waals surface area contributed by atoms with Crippen LogP contribution >= 0.6 is 0 Å². The highest BCUT2D eigenvalue weighted by Crippen LogP contribution is 2.64. The molecule has 9 unspecified atom stereocenters. The molecule has 1 amide bonds. The van der Waals surface area contributed by atoms with Crippen molar-refractivity contribution < 1.29 is 76.9 Å². The van der Waals surface area contributed by atoms with Crippen LogP contribution in [0.2, 0.25) is 0 Å². The van der Waals surface area contributed by atoms with E-state index in [1.165, 1.54) is 44.4 Å². The molecule has 2 heterocycles. The number of aliphatic hydroxyl groups is 3. The van der Waals surface area contributed by atoms with E-state index in [1.807, 2.05) is 0 Å². The molecule has 17 nitrogen and oxygen atoms in total. The molecule has 1 aliphatic heterocycles. The minimum absolute atomic E-state index is 0.00438. The molecule has 2 bridgehead atoms. The smallest absolute Gasteiger partial charge is 0.408 e. The second-order valence-electron chi connectivity index (χ2n) is 17.9. The number of rotatable bonds is 10. The molecule has 0 spiro atoms. The van der Waals surface area contributed by atoms with Crippen LogP contribution in [0.15, 0.2) is 64.3 Å². The topological polar surface area (TPSA) is 244 Å². The number of hydrogen-bond acceptors (Lipinski definition) is 16. The first-order valence-electron chi connectivity index (χ1n) is 21.1. The highest BCUT2D eigenvalue weighted by atomic mass is 16.6. The Bertz CT molecular complexity index is 2090. The minimum atomic E-state index is -2.40. The van der Waals surface area contributed by atoms with Gasteiger partial charge in [0.15, 0.2) is 23.6 Å². The van der Waals surface area contributed by atoms with Crippen molar-refractivity contribution in [3.05, 3.63) is 71.2 Å². The molecule has 1 aromatic heterocycles. The van der Waals surface area contributed by atoms with E-state index in [-0.39, 0.29) is 41.6 Å². The maximum absolute atomic E-state index is 15.5. The van der Waals surface area contributed by atoms with Crippen molar-refractivity contribution in [2.24, 2.45) is 16.7 Å². The molecule has 336 valence electrons. The molecular formula is C45H55NO16. The van der Waals surface area contributed by atoms with Crippen LogP contribution in [0.1, 0.15) is 109 Å². The Morgan fingerprint density at radius 1 is 0.903 bits per heavy atom. The van der Waals surface area contributed by atoms with E-state index in [1.54, 1.807) is 32.0 Å². The zero-order valence-electron chi connectivity index (χ0n) is 35.6. The molecule has 3 saturated carbocycles. The van der Waals surface area contributed by atoms with Crippen LogP contribution in [0, 0.1) is 16.7 Å². The van der Waals surface area contributed by atoms with E-state index in [4.69, 9.17) is 32.8 Å². The average Bonchev–Trinajstić information content (AvgIpc) is 3.76. The maximum Gasteiger partial charge on any atom is 0.408 e.